The van der Waals surface area contributed by atoms with E-state index in [0.717, 1.165) is 10.1 Å². The van der Waals surface area contributed by atoms with Gasteiger partial charge in [0.05, 0.1) is 12.1 Å². The topological polar surface area (TPSA) is 68.5 Å². The Morgan fingerprint density at radius 1 is 1.08 bits per heavy atom. The highest BCUT2D eigenvalue weighted by atomic mass is 35.5. The fraction of sp³-hybridized carbons (Fsp3) is 0.0526. The minimum Gasteiger partial charge on any atom is -0.463 e. The number of thiophene rings is 1. The lowest BCUT2D eigenvalue weighted by molar-refractivity contribution is 0.0569. The fourth-order valence-electron chi connectivity index (χ4n) is 2.74. The molecule has 1 N–H and O–H groups in total. The van der Waals surface area contributed by atoms with Crippen molar-refractivity contribution in [1.29, 1.82) is 0 Å². The molecule has 4 aromatic rings. The van der Waals surface area contributed by atoms with Crippen LogP contribution in [-0.4, -0.2) is 19.0 Å². The second-order valence-electron chi connectivity index (χ2n) is 5.49. The molecule has 0 radical (unpaired) electrons. The summed E-state index contributed by atoms with van der Waals surface area (Å²) in [6.07, 6.45) is 0. The number of furan rings is 1. The Bertz CT molecular complexity index is 1160. The number of fused-ring (bicyclic) bond motifs is 2. The molecular formula is C19H12ClNO4S. The summed E-state index contributed by atoms with van der Waals surface area (Å²) < 4.78 is 11.2. The van der Waals surface area contributed by atoms with Crippen molar-refractivity contribution < 1.29 is 18.7 Å². The number of ether oxygens (including phenoxy) is 1. The number of benzene rings is 2. The Hall–Kier alpha value is -2.83. The number of anilines is 1. The molecule has 0 aliphatic carbocycles. The van der Waals surface area contributed by atoms with Crippen LogP contribution in [0.25, 0.3) is 21.1 Å². The summed E-state index contributed by atoms with van der Waals surface area (Å²) in [6.45, 7) is 0. The number of amides is 1. The molecule has 0 unspecified atom stereocenters. The Morgan fingerprint density at radius 3 is 2.50 bits per heavy atom. The smallest absolute Gasteiger partial charge is 0.376 e. The van der Waals surface area contributed by atoms with E-state index in [2.05, 4.69) is 5.32 Å². The first-order valence-electron chi connectivity index (χ1n) is 7.68. The summed E-state index contributed by atoms with van der Waals surface area (Å²) in [5.74, 6) is -1.13. The van der Waals surface area contributed by atoms with Gasteiger partial charge in [-0.2, -0.15) is 0 Å². The summed E-state index contributed by atoms with van der Waals surface area (Å²) in [5.41, 5.74) is 0.747. The number of para-hydroxylation sites is 1. The molecule has 0 aliphatic heterocycles. The summed E-state index contributed by atoms with van der Waals surface area (Å²) in [7, 11) is 1.25. The van der Waals surface area contributed by atoms with Gasteiger partial charge in [0.15, 0.2) is 0 Å². The largest absolute Gasteiger partial charge is 0.463 e. The number of carbonyl (C=O) groups is 2. The number of esters is 1. The molecule has 0 aliphatic rings. The highest BCUT2D eigenvalue weighted by Gasteiger charge is 2.25. The number of hydrogen-bond acceptors (Lipinski definition) is 5. The molecule has 0 spiro atoms. The molecule has 0 saturated heterocycles. The van der Waals surface area contributed by atoms with Gasteiger partial charge in [-0.25, -0.2) is 4.79 Å². The first-order chi connectivity index (χ1) is 12.6. The number of methoxy groups -OCH3 is 1. The molecule has 26 heavy (non-hydrogen) atoms. The predicted molar refractivity (Wildman–Crippen MR) is 102 cm³/mol. The van der Waals surface area contributed by atoms with Gasteiger partial charge in [-0.3, -0.25) is 4.79 Å². The average molecular weight is 386 g/mol. The van der Waals surface area contributed by atoms with Gasteiger partial charge in [-0.15, -0.1) is 11.3 Å². The lowest BCUT2D eigenvalue weighted by Gasteiger charge is -2.04. The van der Waals surface area contributed by atoms with E-state index in [1.807, 2.05) is 24.3 Å². The van der Waals surface area contributed by atoms with Crippen molar-refractivity contribution in [3.05, 3.63) is 64.2 Å². The monoisotopic (exact) mass is 385 g/mol. The number of hydrogen-bond donors (Lipinski definition) is 1. The second-order valence-corrected chi connectivity index (χ2v) is 6.92. The van der Waals surface area contributed by atoms with Crippen LogP contribution in [0.5, 0.6) is 0 Å². The third-order valence-electron chi connectivity index (χ3n) is 3.95. The molecule has 1 amide bonds. The van der Waals surface area contributed by atoms with Crippen molar-refractivity contribution in [2.75, 3.05) is 12.4 Å². The highest BCUT2D eigenvalue weighted by Crippen LogP contribution is 2.37. The number of carbonyl (C=O) groups excluding carboxylic acids is 2. The van der Waals surface area contributed by atoms with Crippen LogP contribution in [0, 0.1) is 0 Å². The van der Waals surface area contributed by atoms with E-state index < -0.39 is 11.9 Å². The first-order valence-corrected chi connectivity index (χ1v) is 8.88. The van der Waals surface area contributed by atoms with Crippen LogP contribution in [0.3, 0.4) is 0 Å². The predicted octanol–water partition coefficient (Wildman–Crippen LogP) is 5.34. The van der Waals surface area contributed by atoms with Crippen LogP contribution in [0.15, 0.2) is 52.9 Å². The van der Waals surface area contributed by atoms with Crippen LogP contribution in [0.2, 0.25) is 5.02 Å². The van der Waals surface area contributed by atoms with Crippen LogP contribution in [0.4, 0.5) is 5.69 Å². The normalized spacial score (nSPS) is 11.0. The number of nitrogens with one attached hydrogen (secondary N) is 1. The summed E-state index contributed by atoms with van der Waals surface area (Å²) >= 11 is 7.66. The maximum atomic E-state index is 12.8. The van der Waals surface area contributed by atoms with Gasteiger partial charge in [0.1, 0.15) is 16.1 Å². The molecule has 0 fully saturated rings. The van der Waals surface area contributed by atoms with Gasteiger partial charge < -0.3 is 14.5 Å². The van der Waals surface area contributed by atoms with Gasteiger partial charge >= 0.3 is 5.97 Å². The van der Waals surface area contributed by atoms with E-state index in [-0.39, 0.29) is 11.4 Å². The zero-order chi connectivity index (χ0) is 18.3. The SMILES string of the molecule is COC(=O)c1oc2ccccc2c1NC(=O)c1sc2ccccc2c1Cl. The molecule has 130 valence electrons. The van der Waals surface area contributed by atoms with Gasteiger partial charge in [-0.1, -0.05) is 41.9 Å². The molecule has 2 aromatic carbocycles. The quantitative estimate of drug-likeness (QED) is 0.483. The van der Waals surface area contributed by atoms with Gasteiger partial charge in [0.2, 0.25) is 5.76 Å². The molecular weight excluding hydrogens is 374 g/mol. The maximum Gasteiger partial charge on any atom is 0.376 e. The molecule has 4 rings (SSSR count). The van der Waals surface area contributed by atoms with Crippen molar-refractivity contribution in [3.63, 3.8) is 0 Å². The molecule has 2 heterocycles. The van der Waals surface area contributed by atoms with Gasteiger partial charge in [0.25, 0.3) is 5.91 Å². The Balaban J connectivity index is 1.80. The van der Waals surface area contributed by atoms with E-state index >= 15 is 0 Å². The molecule has 5 nitrogen and oxygen atoms in total. The van der Waals surface area contributed by atoms with Crippen molar-refractivity contribution in [2.24, 2.45) is 0 Å². The molecule has 0 saturated carbocycles. The standard InChI is InChI=1S/C19H12ClNO4S/c1-24-19(23)16-15(10-6-2-4-8-12(10)25-16)21-18(22)17-14(20)11-7-3-5-9-13(11)26-17/h2-9H,1H3,(H,21,22). The zero-order valence-corrected chi connectivity index (χ0v) is 15.1. The Morgan fingerprint density at radius 2 is 1.77 bits per heavy atom. The Kier molecular flexibility index (Phi) is 4.14. The molecule has 2 aromatic heterocycles. The van der Waals surface area contributed by atoms with Crippen LogP contribution >= 0.6 is 22.9 Å². The molecule has 0 atom stereocenters. The number of halogens is 1. The summed E-state index contributed by atoms with van der Waals surface area (Å²) in [4.78, 5) is 25.2. The van der Waals surface area contributed by atoms with Crippen LogP contribution < -0.4 is 5.32 Å². The van der Waals surface area contributed by atoms with Crippen LogP contribution in [-0.2, 0) is 4.74 Å². The van der Waals surface area contributed by atoms with Gasteiger partial charge in [0, 0.05) is 15.5 Å². The Labute approximate surface area is 157 Å². The fourth-order valence-corrected chi connectivity index (χ4v) is 4.15. The van der Waals surface area contributed by atoms with E-state index in [4.69, 9.17) is 20.8 Å². The van der Waals surface area contributed by atoms with E-state index in [0.29, 0.717) is 20.9 Å². The molecule has 0 bridgehead atoms. The van der Waals surface area contributed by atoms with Crippen molar-refractivity contribution >= 4 is 61.6 Å². The first kappa shape index (κ1) is 16.6. The third kappa shape index (κ3) is 2.64. The minimum absolute atomic E-state index is 0.0562. The number of rotatable bonds is 3. The summed E-state index contributed by atoms with van der Waals surface area (Å²) in [5, 5.41) is 4.57. The van der Waals surface area contributed by atoms with Crippen LogP contribution in [0.1, 0.15) is 20.2 Å². The van der Waals surface area contributed by atoms with E-state index in [1.165, 1.54) is 18.4 Å². The van der Waals surface area contributed by atoms with Crippen molar-refractivity contribution in [1.82, 2.24) is 0 Å². The van der Waals surface area contributed by atoms with E-state index in [9.17, 15) is 9.59 Å². The minimum atomic E-state index is -0.668. The zero-order valence-electron chi connectivity index (χ0n) is 13.5. The average Bonchev–Trinajstić information content (AvgIpc) is 3.20. The third-order valence-corrected chi connectivity index (χ3v) is 5.62. The summed E-state index contributed by atoms with van der Waals surface area (Å²) in [6, 6.07) is 14.5. The van der Waals surface area contributed by atoms with Crippen molar-refractivity contribution in [2.45, 2.75) is 0 Å². The van der Waals surface area contributed by atoms with E-state index in [1.54, 1.807) is 24.3 Å². The lowest BCUT2D eigenvalue weighted by atomic mass is 10.2. The highest BCUT2D eigenvalue weighted by molar-refractivity contribution is 7.21. The van der Waals surface area contributed by atoms with Crippen molar-refractivity contribution in [3.8, 4) is 0 Å². The maximum absolute atomic E-state index is 12.8. The lowest BCUT2D eigenvalue weighted by Crippen LogP contribution is -2.13. The second kappa shape index (κ2) is 6.48. The molecule has 7 heteroatoms. The van der Waals surface area contributed by atoms with Gasteiger partial charge in [-0.05, 0) is 18.2 Å².